The van der Waals surface area contributed by atoms with Crippen molar-refractivity contribution in [1.29, 1.82) is 0 Å². The highest BCUT2D eigenvalue weighted by molar-refractivity contribution is 6.31. The quantitative estimate of drug-likeness (QED) is 0.873. The van der Waals surface area contributed by atoms with Gasteiger partial charge in [0.15, 0.2) is 6.04 Å². The Morgan fingerprint density at radius 1 is 1.23 bits per heavy atom. The van der Waals surface area contributed by atoms with E-state index in [-0.39, 0.29) is 11.9 Å². The molecular weight excluding hydrogens is 296 g/mol. The molecule has 116 valence electrons. The fourth-order valence-corrected chi connectivity index (χ4v) is 2.44. The van der Waals surface area contributed by atoms with E-state index < -0.39 is 0 Å². The third-order valence-corrected chi connectivity index (χ3v) is 4.15. The molecule has 2 atom stereocenters. The molecule has 0 fully saturated rings. The van der Waals surface area contributed by atoms with Gasteiger partial charge in [-0.3, -0.25) is 4.79 Å². The lowest BCUT2D eigenvalue weighted by Gasteiger charge is -2.21. The van der Waals surface area contributed by atoms with Gasteiger partial charge < -0.3 is 10.2 Å². The van der Waals surface area contributed by atoms with Gasteiger partial charge in [0.25, 0.3) is 5.91 Å². The van der Waals surface area contributed by atoms with Crippen LogP contribution >= 0.6 is 11.6 Å². The first-order valence-corrected chi connectivity index (χ1v) is 7.78. The number of aryl methyl sites for hydroxylation is 1. The molecule has 0 saturated carbocycles. The average Bonchev–Trinajstić information content (AvgIpc) is 2.51. The third-order valence-electron chi connectivity index (χ3n) is 3.92. The van der Waals surface area contributed by atoms with Crippen molar-refractivity contribution in [2.24, 2.45) is 0 Å². The van der Waals surface area contributed by atoms with Gasteiger partial charge in [0, 0.05) is 16.3 Å². The Morgan fingerprint density at radius 2 is 1.91 bits per heavy atom. The van der Waals surface area contributed by atoms with Gasteiger partial charge in [-0.05, 0) is 31.5 Å². The highest BCUT2D eigenvalue weighted by atomic mass is 35.5. The number of halogens is 1. The number of carbonyl (C=O) groups excluding carboxylic acids is 1. The van der Waals surface area contributed by atoms with Crippen LogP contribution in [-0.4, -0.2) is 19.0 Å². The number of carbonyl (C=O) groups is 1. The van der Waals surface area contributed by atoms with E-state index >= 15 is 0 Å². The molecule has 4 heteroatoms. The zero-order valence-electron chi connectivity index (χ0n) is 13.2. The largest absolute Gasteiger partial charge is 0.324 e. The summed E-state index contributed by atoms with van der Waals surface area (Å²) in [7, 11) is 2.03. The number of benzene rings is 2. The molecule has 0 aliphatic heterocycles. The lowest BCUT2D eigenvalue weighted by molar-refractivity contribution is -0.907. The Kier molecular flexibility index (Phi) is 5.58. The summed E-state index contributed by atoms with van der Waals surface area (Å²) in [6.07, 6.45) is 0. The molecule has 0 saturated heterocycles. The average molecular weight is 318 g/mol. The molecule has 0 spiro atoms. The van der Waals surface area contributed by atoms with Gasteiger partial charge in [-0.1, -0.05) is 48.0 Å². The predicted octanol–water partition coefficient (Wildman–Crippen LogP) is 2.69. The van der Waals surface area contributed by atoms with Crippen molar-refractivity contribution in [3.63, 3.8) is 0 Å². The fraction of sp³-hybridized carbons (Fsp3) is 0.278. The van der Waals surface area contributed by atoms with Gasteiger partial charge >= 0.3 is 0 Å². The lowest BCUT2D eigenvalue weighted by atomic mass is 10.1. The molecule has 0 heterocycles. The molecule has 0 aliphatic carbocycles. The van der Waals surface area contributed by atoms with Gasteiger partial charge in [0.05, 0.1) is 7.05 Å². The molecule has 0 aliphatic rings. The highest BCUT2D eigenvalue weighted by Gasteiger charge is 2.22. The van der Waals surface area contributed by atoms with Gasteiger partial charge in [-0.2, -0.15) is 0 Å². The number of quaternary nitrogens is 1. The van der Waals surface area contributed by atoms with Gasteiger partial charge in [-0.25, -0.2) is 0 Å². The van der Waals surface area contributed by atoms with Crippen LogP contribution in [0.3, 0.4) is 0 Å². The summed E-state index contributed by atoms with van der Waals surface area (Å²) in [5, 5.41) is 3.60. The molecule has 2 aromatic rings. The summed E-state index contributed by atoms with van der Waals surface area (Å²) in [5.74, 6) is -0.00111. The standard InChI is InChI=1S/C18H21ClN2O/c1-13-9-10-16(19)11-17(13)20-18(22)14(2)21(3)12-15-7-5-4-6-8-15/h4-11,14H,12H2,1-3H3,(H,20,22)/p+1/t14-/m1/s1. The van der Waals surface area contributed by atoms with Gasteiger partial charge in [-0.15, -0.1) is 0 Å². The van der Waals surface area contributed by atoms with E-state index in [1.54, 1.807) is 6.07 Å². The number of anilines is 1. The van der Waals surface area contributed by atoms with Crippen LogP contribution in [0.1, 0.15) is 18.1 Å². The summed E-state index contributed by atoms with van der Waals surface area (Å²) >= 11 is 5.99. The Hall–Kier alpha value is -1.84. The number of likely N-dealkylation sites (N-methyl/N-ethyl adjacent to an activating group) is 1. The third kappa shape index (κ3) is 4.33. The first-order chi connectivity index (χ1) is 10.5. The summed E-state index contributed by atoms with van der Waals surface area (Å²) in [6, 6.07) is 15.5. The number of nitrogens with one attached hydrogen (secondary N) is 2. The van der Waals surface area contributed by atoms with Crippen LogP contribution < -0.4 is 10.2 Å². The van der Waals surface area contributed by atoms with E-state index in [0.717, 1.165) is 22.7 Å². The van der Waals surface area contributed by atoms with Crippen LogP contribution in [0.2, 0.25) is 5.02 Å². The summed E-state index contributed by atoms with van der Waals surface area (Å²) in [5.41, 5.74) is 3.00. The summed E-state index contributed by atoms with van der Waals surface area (Å²) < 4.78 is 0. The summed E-state index contributed by atoms with van der Waals surface area (Å²) in [6.45, 7) is 4.70. The minimum Gasteiger partial charge on any atom is -0.324 e. The first-order valence-electron chi connectivity index (χ1n) is 7.40. The Bertz CT molecular complexity index is 643. The molecule has 0 bridgehead atoms. The van der Waals surface area contributed by atoms with E-state index in [1.807, 2.05) is 51.2 Å². The van der Waals surface area contributed by atoms with E-state index in [9.17, 15) is 4.79 Å². The second-order valence-corrected chi connectivity index (χ2v) is 6.12. The van der Waals surface area contributed by atoms with Crippen molar-refractivity contribution in [1.82, 2.24) is 0 Å². The van der Waals surface area contributed by atoms with Crippen molar-refractivity contribution >= 4 is 23.2 Å². The van der Waals surface area contributed by atoms with E-state index in [4.69, 9.17) is 11.6 Å². The predicted molar refractivity (Wildman–Crippen MR) is 91.3 cm³/mol. The van der Waals surface area contributed by atoms with Crippen molar-refractivity contribution in [2.45, 2.75) is 26.4 Å². The molecular formula is C18H22ClN2O+. The summed E-state index contributed by atoms with van der Waals surface area (Å²) in [4.78, 5) is 13.6. The van der Waals surface area contributed by atoms with Crippen molar-refractivity contribution in [3.05, 3.63) is 64.7 Å². The van der Waals surface area contributed by atoms with Crippen LogP contribution in [-0.2, 0) is 11.3 Å². The smallest absolute Gasteiger partial charge is 0.282 e. The molecule has 1 amide bonds. The Balaban J connectivity index is 2.01. The molecule has 2 N–H and O–H groups in total. The van der Waals surface area contributed by atoms with Crippen LogP contribution in [0, 0.1) is 6.92 Å². The van der Waals surface area contributed by atoms with E-state index in [0.29, 0.717) is 5.02 Å². The molecule has 22 heavy (non-hydrogen) atoms. The van der Waals surface area contributed by atoms with Crippen LogP contribution in [0.25, 0.3) is 0 Å². The maximum atomic E-state index is 12.4. The van der Waals surface area contributed by atoms with Crippen molar-refractivity contribution < 1.29 is 9.69 Å². The lowest BCUT2D eigenvalue weighted by Crippen LogP contribution is -3.12. The number of hydrogen-bond acceptors (Lipinski definition) is 1. The van der Waals surface area contributed by atoms with Crippen molar-refractivity contribution in [3.8, 4) is 0 Å². The molecule has 3 nitrogen and oxygen atoms in total. The molecule has 2 rings (SSSR count). The van der Waals surface area contributed by atoms with Gasteiger partial charge in [0.2, 0.25) is 0 Å². The zero-order valence-corrected chi connectivity index (χ0v) is 13.9. The first kappa shape index (κ1) is 16.5. The number of rotatable bonds is 5. The fourth-order valence-electron chi connectivity index (χ4n) is 2.26. The number of hydrogen-bond donors (Lipinski definition) is 2. The van der Waals surface area contributed by atoms with E-state index in [1.165, 1.54) is 5.56 Å². The Morgan fingerprint density at radius 3 is 2.59 bits per heavy atom. The SMILES string of the molecule is Cc1ccc(Cl)cc1NC(=O)[C@@H](C)[NH+](C)Cc1ccccc1. The second-order valence-electron chi connectivity index (χ2n) is 5.68. The van der Waals surface area contributed by atoms with Crippen LogP contribution in [0.5, 0.6) is 0 Å². The topological polar surface area (TPSA) is 33.5 Å². The van der Waals surface area contributed by atoms with Crippen molar-refractivity contribution in [2.75, 3.05) is 12.4 Å². The highest BCUT2D eigenvalue weighted by Crippen LogP contribution is 2.20. The monoisotopic (exact) mass is 317 g/mol. The van der Waals surface area contributed by atoms with Crippen LogP contribution in [0.4, 0.5) is 5.69 Å². The molecule has 0 radical (unpaired) electrons. The van der Waals surface area contributed by atoms with E-state index in [2.05, 4.69) is 17.4 Å². The number of amides is 1. The molecule has 0 aromatic heterocycles. The minimum atomic E-state index is -0.154. The molecule has 1 unspecified atom stereocenters. The maximum Gasteiger partial charge on any atom is 0.282 e. The molecule has 2 aromatic carbocycles. The van der Waals surface area contributed by atoms with Crippen LogP contribution in [0.15, 0.2) is 48.5 Å². The normalized spacial score (nSPS) is 13.5. The Labute approximate surface area is 136 Å². The van der Waals surface area contributed by atoms with Gasteiger partial charge in [0.1, 0.15) is 6.54 Å². The zero-order chi connectivity index (χ0) is 16.1. The minimum absolute atomic E-state index is 0.00111. The second kappa shape index (κ2) is 7.43. The maximum absolute atomic E-state index is 12.4.